The summed E-state index contributed by atoms with van der Waals surface area (Å²) < 4.78 is 46.6. The number of nitrogen functional groups attached to an aromatic ring is 1. The smallest absolute Gasteiger partial charge is 0.437 e. The largest absolute Gasteiger partial charge is 0.454 e. The van der Waals surface area contributed by atoms with E-state index in [4.69, 9.17) is 10.5 Å². The number of carbonyl (C=O) groups is 1. The molecule has 0 amide bonds. The van der Waals surface area contributed by atoms with E-state index in [2.05, 4.69) is 9.40 Å². The molecule has 0 radical (unpaired) electrons. The summed E-state index contributed by atoms with van der Waals surface area (Å²) in [6.45, 7) is 4.54. The molecule has 1 aromatic heterocycles. The van der Waals surface area contributed by atoms with Gasteiger partial charge in [0.05, 0.1) is 0 Å². The molecule has 0 fully saturated rings. The molecule has 1 heterocycles. The van der Waals surface area contributed by atoms with Gasteiger partial charge < -0.3 is 14.9 Å². The van der Waals surface area contributed by atoms with Gasteiger partial charge in [0, 0.05) is 0 Å². The van der Waals surface area contributed by atoms with Gasteiger partial charge in [-0.2, -0.15) is 18.2 Å². The third-order valence-electron chi connectivity index (χ3n) is 1.50. The van der Waals surface area contributed by atoms with Gasteiger partial charge in [0.1, 0.15) is 5.60 Å². The summed E-state index contributed by atoms with van der Waals surface area (Å²) in [5.74, 6) is -2.29. The average molecular weight is 252 g/mol. The van der Waals surface area contributed by atoms with E-state index < -0.39 is 35.2 Å². The van der Waals surface area contributed by atoms with Crippen LogP contribution in [-0.2, 0) is 10.9 Å². The number of aromatic nitrogens is 1. The van der Waals surface area contributed by atoms with Crippen molar-refractivity contribution in [1.29, 1.82) is 0 Å². The molecule has 1 rings (SSSR count). The van der Waals surface area contributed by atoms with Crippen LogP contribution in [0.4, 0.5) is 19.2 Å². The second-order valence-electron chi connectivity index (χ2n) is 4.23. The topological polar surface area (TPSA) is 78.3 Å². The van der Waals surface area contributed by atoms with Crippen molar-refractivity contribution < 1.29 is 27.1 Å². The van der Waals surface area contributed by atoms with Crippen molar-refractivity contribution >= 4 is 12.0 Å². The number of halogens is 3. The Morgan fingerprint density at radius 3 is 2.29 bits per heavy atom. The first kappa shape index (κ1) is 13.3. The zero-order valence-electron chi connectivity index (χ0n) is 9.38. The number of oxazole rings is 1. The van der Waals surface area contributed by atoms with E-state index in [1.54, 1.807) is 0 Å². The molecule has 0 bridgehead atoms. The van der Waals surface area contributed by atoms with Crippen molar-refractivity contribution in [2.24, 2.45) is 0 Å². The first-order valence-electron chi connectivity index (χ1n) is 4.57. The van der Waals surface area contributed by atoms with Crippen LogP contribution in [0.3, 0.4) is 0 Å². The molecule has 0 aliphatic carbocycles. The summed E-state index contributed by atoms with van der Waals surface area (Å²) in [6.07, 6.45) is -4.83. The average Bonchev–Trinajstić information content (AvgIpc) is 2.43. The minimum Gasteiger partial charge on any atom is -0.454 e. The van der Waals surface area contributed by atoms with Gasteiger partial charge in [-0.15, -0.1) is 0 Å². The zero-order chi connectivity index (χ0) is 13.4. The van der Waals surface area contributed by atoms with Crippen molar-refractivity contribution in [2.75, 3.05) is 5.73 Å². The lowest BCUT2D eigenvalue weighted by molar-refractivity contribution is -0.142. The van der Waals surface area contributed by atoms with Gasteiger partial charge >= 0.3 is 12.1 Å². The quantitative estimate of drug-likeness (QED) is 0.775. The molecular formula is C9H11F3N2O3. The predicted molar refractivity (Wildman–Crippen MR) is 51.1 cm³/mol. The van der Waals surface area contributed by atoms with Gasteiger partial charge in [0.25, 0.3) is 6.01 Å². The Balaban J connectivity index is 3.10. The lowest BCUT2D eigenvalue weighted by Gasteiger charge is -2.18. The molecule has 2 N–H and O–H groups in total. The molecule has 0 saturated carbocycles. The van der Waals surface area contributed by atoms with Crippen molar-refractivity contribution in [3.63, 3.8) is 0 Å². The molecule has 0 atom stereocenters. The first-order chi connectivity index (χ1) is 7.50. The molecule has 0 aromatic carbocycles. The van der Waals surface area contributed by atoms with Crippen LogP contribution in [0.2, 0.25) is 0 Å². The Morgan fingerprint density at radius 1 is 1.35 bits per heavy atom. The molecule has 0 spiro atoms. The van der Waals surface area contributed by atoms with E-state index in [1.807, 2.05) is 0 Å². The van der Waals surface area contributed by atoms with Crippen LogP contribution in [0, 0.1) is 0 Å². The maximum atomic E-state index is 12.5. The monoisotopic (exact) mass is 252 g/mol. The highest BCUT2D eigenvalue weighted by Crippen LogP contribution is 2.33. The Morgan fingerprint density at radius 2 is 1.88 bits per heavy atom. The van der Waals surface area contributed by atoms with Crippen molar-refractivity contribution in [3.8, 4) is 0 Å². The Kier molecular flexibility index (Phi) is 3.09. The van der Waals surface area contributed by atoms with Crippen LogP contribution in [0.5, 0.6) is 0 Å². The number of rotatable bonds is 1. The second-order valence-corrected chi connectivity index (χ2v) is 4.23. The number of nitrogens with two attached hydrogens (primary N) is 1. The number of hydrogen-bond acceptors (Lipinski definition) is 5. The standard InChI is InChI=1S/C9H11F3N2O3/c1-8(2,3)17-6(15)4-5(9(10,11)12)14-7(13)16-4/h1-3H3,(H2,13,14). The third kappa shape index (κ3) is 3.36. The van der Waals surface area contributed by atoms with Crippen LogP contribution < -0.4 is 5.73 Å². The summed E-state index contributed by atoms with van der Waals surface area (Å²) in [4.78, 5) is 14.3. The number of ether oxygens (including phenoxy) is 1. The summed E-state index contributed by atoms with van der Waals surface area (Å²) >= 11 is 0. The SMILES string of the molecule is CC(C)(C)OC(=O)c1oc(N)nc1C(F)(F)F. The summed E-state index contributed by atoms with van der Waals surface area (Å²) in [5, 5.41) is 0. The van der Waals surface area contributed by atoms with E-state index in [1.165, 1.54) is 20.8 Å². The third-order valence-corrected chi connectivity index (χ3v) is 1.50. The van der Waals surface area contributed by atoms with Crippen molar-refractivity contribution in [1.82, 2.24) is 4.98 Å². The highest BCUT2D eigenvalue weighted by Gasteiger charge is 2.42. The van der Waals surface area contributed by atoms with E-state index in [0.717, 1.165) is 0 Å². The van der Waals surface area contributed by atoms with Gasteiger partial charge in [0.15, 0.2) is 5.69 Å². The van der Waals surface area contributed by atoms with E-state index in [-0.39, 0.29) is 0 Å². The second kappa shape index (κ2) is 3.94. The molecule has 0 aliphatic heterocycles. The minimum atomic E-state index is -4.83. The van der Waals surface area contributed by atoms with Gasteiger partial charge in [-0.05, 0) is 20.8 Å². The van der Waals surface area contributed by atoms with Gasteiger partial charge in [-0.1, -0.05) is 0 Å². The molecule has 0 saturated heterocycles. The normalized spacial score (nSPS) is 12.6. The molecule has 17 heavy (non-hydrogen) atoms. The molecular weight excluding hydrogens is 241 g/mol. The Bertz CT molecular complexity index is 432. The van der Waals surface area contributed by atoms with E-state index >= 15 is 0 Å². The number of nitrogens with zero attached hydrogens (tertiary/aromatic N) is 1. The number of alkyl halides is 3. The Hall–Kier alpha value is -1.73. The van der Waals surface area contributed by atoms with Crippen LogP contribution >= 0.6 is 0 Å². The fraction of sp³-hybridized carbons (Fsp3) is 0.556. The molecule has 5 nitrogen and oxygen atoms in total. The number of esters is 1. The number of hydrogen-bond donors (Lipinski definition) is 1. The van der Waals surface area contributed by atoms with E-state index in [0.29, 0.717) is 0 Å². The van der Waals surface area contributed by atoms with E-state index in [9.17, 15) is 18.0 Å². The predicted octanol–water partition coefficient (Wildman–Crippen LogP) is 2.23. The summed E-state index contributed by atoms with van der Waals surface area (Å²) in [6, 6.07) is -0.738. The van der Waals surface area contributed by atoms with Crippen LogP contribution in [0.15, 0.2) is 4.42 Å². The summed E-state index contributed by atoms with van der Waals surface area (Å²) in [5.41, 5.74) is 2.57. The highest BCUT2D eigenvalue weighted by molar-refractivity contribution is 5.88. The maximum absolute atomic E-state index is 12.5. The lowest BCUT2D eigenvalue weighted by atomic mass is 10.2. The van der Waals surface area contributed by atoms with Crippen molar-refractivity contribution in [2.45, 2.75) is 32.5 Å². The molecule has 0 aliphatic rings. The van der Waals surface area contributed by atoms with Crippen LogP contribution in [0.25, 0.3) is 0 Å². The molecule has 1 aromatic rings. The fourth-order valence-electron chi connectivity index (χ4n) is 0.992. The fourth-order valence-corrected chi connectivity index (χ4v) is 0.992. The summed E-state index contributed by atoms with van der Waals surface area (Å²) in [7, 11) is 0. The molecule has 96 valence electrons. The van der Waals surface area contributed by atoms with Gasteiger partial charge in [-0.3, -0.25) is 0 Å². The van der Waals surface area contributed by atoms with Crippen LogP contribution in [-0.4, -0.2) is 16.6 Å². The van der Waals surface area contributed by atoms with Crippen molar-refractivity contribution in [3.05, 3.63) is 11.5 Å². The van der Waals surface area contributed by atoms with Gasteiger partial charge in [0.2, 0.25) is 5.76 Å². The zero-order valence-corrected chi connectivity index (χ0v) is 9.38. The lowest BCUT2D eigenvalue weighted by Crippen LogP contribution is -2.25. The minimum absolute atomic E-state index is 0.738. The van der Waals surface area contributed by atoms with Crippen LogP contribution in [0.1, 0.15) is 37.0 Å². The molecule has 8 heteroatoms. The number of anilines is 1. The highest BCUT2D eigenvalue weighted by atomic mass is 19.4. The number of carbonyl (C=O) groups excluding carboxylic acids is 1. The van der Waals surface area contributed by atoms with Gasteiger partial charge in [-0.25, -0.2) is 4.79 Å². The first-order valence-corrected chi connectivity index (χ1v) is 4.57. The Labute approximate surface area is 94.7 Å². The molecule has 0 unspecified atom stereocenters. The maximum Gasteiger partial charge on any atom is 0.437 e.